The lowest BCUT2D eigenvalue weighted by atomic mass is 10.1. The Bertz CT molecular complexity index is 1090. The Morgan fingerprint density at radius 1 is 1.23 bits per heavy atom. The van der Waals surface area contributed by atoms with Crippen LogP contribution in [0, 0.1) is 0 Å². The monoisotopic (exact) mass is 445 g/mol. The lowest BCUT2D eigenvalue weighted by Gasteiger charge is -2.07. The second kappa shape index (κ2) is 9.09. The third-order valence-electron chi connectivity index (χ3n) is 5.07. The van der Waals surface area contributed by atoms with Gasteiger partial charge in [-0.2, -0.15) is 0 Å². The number of aryl methyl sites for hydroxylation is 1. The van der Waals surface area contributed by atoms with E-state index in [1.807, 2.05) is 18.2 Å². The molecule has 0 atom stereocenters. The Balaban J connectivity index is 1.47. The Hall–Kier alpha value is -2.52. The van der Waals surface area contributed by atoms with Crippen LogP contribution in [-0.4, -0.2) is 41.8 Å². The normalized spacial score (nSPS) is 13.5. The molecule has 9 heteroatoms. The van der Waals surface area contributed by atoms with Crippen LogP contribution in [0.2, 0.25) is 0 Å². The van der Waals surface area contributed by atoms with Crippen molar-refractivity contribution in [1.82, 2.24) is 9.97 Å². The number of anilines is 1. The van der Waals surface area contributed by atoms with Crippen LogP contribution in [0.4, 0.5) is 5.00 Å². The molecular formula is C21H23N3O4S2. The van der Waals surface area contributed by atoms with Gasteiger partial charge < -0.3 is 19.8 Å². The summed E-state index contributed by atoms with van der Waals surface area (Å²) in [5.41, 5.74) is 3.23. The first-order chi connectivity index (χ1) is 14.6. The van der Waals surface area contributed by atoms with Gasteiger partial charge in [-0.25, -0.2) is 9.78 Å². The number of carbonyl (C=O) groups is 2. The average molecular weight is 446 g/mol. The number of benzene rings is 1. The Kier molecular flexibility index (Phi) is 6.29. The first-order valence-corrected chi connectivity index (χ1v) is 11.6. The molecule has 0 spiro atoms. The van der Waals surface area contributed by atoms with Crippen LogP contribution in [0.25, 0.3) is 11.0 Å². The molecule has 4 rings (SSSR count). The molecule has 3 aromatic rings. The predicted octanol–water partition coefficient (Wildman–Crippen LogP) is 4.42. The van der Waals surface area contributed by atoms with E-state index in [0.29, 0.717) is 15.7 Å². The number of esters is 1. The zero-order valence-electron chi connectivity index (χ0n) is 16.9. The topological polar surface area (TPSA) is 93.3 Å². The highest BCUT2D eigenvalue weighted by molar-refractivity contribution is 7.99. The maximum Gasteiger partial charge on any atom is 0.341 e. The van der Waals surface area contributed by atoms with E-state index in [2.05, 4.69) is 15.3 Å². The summed E-state index contributed by atoms with van der Waals surface area (Å²) in [6.45, 7) is 0. The first kappa shape index (κ1) is 20.7. The third kappa shape index (κ3) is 4.32. The molecule has 2 heterocycles. The van der Waals surface area contributed by atoms with Gasteiger partial charge in [-0.05, 0) is 43.4 Å². The van der Waals surface area contributed by atoms with Gasteiger partial charge in [0.25, 0.3) is 0 Å². The molecule has 2 aromatic heterocycles. The average Bonchev–Trinajstić information content (AvgIpc) is 3.23. The summed E-state index contributed by atoms with van der Waals surface area (Å²) in [7, 11) is 2.99. The molecule has 0 radical (unpaired) electrons. The van der Waals surface area contributed by atoms with Crippen molar-refractivity contribution in [3.05, 3.63) is 34.2 Å². The molecular weight excluding hydrogens is 422 g/mol. The van der Waals surface area contributed by atoms with E-state index in [1.165, 1.54) is 35.1 Å². The number of rotatable bonds is 6. The predicted molar refractivity (Wildman–Crippen MR) is 119 cm³/mol. The fourth-order valence-corrected chi connectivity index (χ4v) is 5.58. The van der Waals surface area contributed by atoms with Crippen molar-refractivity contribution in [3.8, 4) is 5.75 Å². The Labute approximate surface area is 182 Å². The van der Waals surface area contributed by atoms with Crippen molar-refractivity contribution in [2.75, 3.05) is 25.3 Å². The standard InChI is InChI=1S/C21H23N3O4S2/c1-27-12-8-9-14-15(10-12)23-21(22-14)29-11-17(25)24-19-18(20(26)28-2)13-6-4-3-5-7-16(13)30-19/h8-10H,3-7,11H2,1-2H3,(H,22,23)(H,24,25). The Morgan fingerprint density at radius 3 is 2.87 bits per heavy atom. The van der Waals surface area contributed by atoms with Gasteiger partial charge in [0, 0.05) is 10.9 Å². The number of thiophene rings is 1. The molecule has 158 valence electrons. The van der Waals surface area contributed by atoms with Crippen LogP contribution < -0.4 is 10.1 Å². The summed E-state index contributed by atoms with van der Waals surface area (Å²) >= 11 is 2.81. The molecule has 0 fully saturated rings. The molecule has 1 aromatic carbocycles. The second-order valence-electron chi connectivity index (χ2n) is 7.02. The molecule has 30 heavy (non-hydrogen) atoms. The van der Waals surface area contributed by atoms with E-state index < -0.39 is 0 Å². The van der Waals surface area contributed by atoms with Gasteiger partial charge in [0.15, 0.2) is 5.16 Å². The Morgan fingerprint density at radius 2 is 2.07 bits per heavy atom. The van der Waals surface area contributed by atoms with Crippen LogP contribution >= 0.6 is 23.1 Å². The smallest absolute Gasteiger partial charge is 0.341 e. The van der Waals surface area contributed by atoms with E-state index in [0.717, 1.165) is 54.5 Å². The van der Waals surface area contributed by atoms with Crippen LogP contribution in [-0.2, 0) is 22.4 Å². The van der Waals surface area contributed by atoms with Crippen LogP contribution in [0.3, 0.4) is 0 Å². The number of hydrogen-bond acceptors (Lipinski definition) is 7. The molecule has 1 aliphatic carbocycles. The fraction of sp³-hybridized carbons (Fsp3) is 0.381. The molecule has 0 unspecified atom stereocenters. The van der Waals surface area contributed by atoms with Crippen molar-refractivity contribution < 1.29 is 19.1 Å². The highest BCUT2D eigenvalue weighted by atomic mass is 32.2. The number of H-pyrrole nitrogens is 1. The largest absolute Gasteiger partial charge is 0.497 e. The van der Waals surface area contributed by atoms with E-state index in [1.54, 1.807) is 7.11 Å². The van der Waals surface area contributed by atoms with E-state index in [4.69, 9.17) is 9.47 Å². The van der Waals surface area contributed by atoms with Gasteiger partial charge in [0.2, 0.25) is 5.91 Å². The highest BCUT2D eigenvalue weighted by Gasteiger charge is 2.26. The number of nitrogens with zero attached hydrogens (tertiary/aromatic N) is 1. The van der Waals surface area contributed by atoms with Gasteiger partial charge in [0.05, 0.1) is 36.6 Å². The summed E-state index contributed by atoms with van der Waals surface area (Å²) in [6.07, 6.45) is 5.10. The van der Waals surface area contributed by atoms with Gasteiger partial charge in [0.1, 0.15) is 10.8 Å². The lowest BCUT2D eigenvalue weighted by Crippen LogP contribution is -2.16. The molecule has 1 amide bonds. The van der Waals surface area contributed by atoms with Crippen molar-refractivity contribution >= 4 is 51.0 Å². The quantitative estimate of drug-likeness (QED) is 0.331. The summed E-state index contributed by atoms with van der Waals surface area (Å²) in [6, 6.07) is 5.59. The maximum absolute atomic E-state index is 12.6. The van der Waals surface area contributed by atoms with Crippen LogP contribution in [0.15, 0.2) is 23.4 Å². The zero-order valence-corrected chi connectivity index (χ0v) is 18.5. The number of thioether (sulfide) groups is 1. The summed E-state index contributed by atoms with van der Waals surface area (Å²) < 4.78 is 10.2. The number of aromatic nitrogens is 2. The number of ether oxygens (including phenoxy) is 2. The van der Waals surface area contributed by atoms with Crippen LogP contribution in [0.5, 0.6) is 5.75 Å². The lowest BCUT2D eigenvalue weighted by molar-refractivity contribution is -0.113. The van der Waals surface area contributed by atoms with Gasteiger partial charge in [-0.15, -0.1) is 11.3 Å². The summed E-state index contributed by atoms with van der Waals surface area (Å²) in [5.74, 6) is 0.358. The van der Waals surface area contributed by atoms with Crippen molar-refractivity contribution in [1.29, 1.82) is 0 Å². The molecule has 1 aliphatic rings. The number of hydrogen-bond donors (Lipinski definition) is 2. The molecule has 0 aliphatic heterocycles. The minimum absolute atomic E-state index is 0.181. The van der Waals surface area contributed by atoms with Crippen LogP contribution in [0.1, 0.15) is 40.1 Å². The molecule has 2 N–H and O–H groups in total. The second-order valence-corrected chi connectivity index (χ2v) is 9.09. The number of nitrogens with one attached hydrogen (secondary N) is 2. The number of fused-ring (bicyclic) bond motifs is 2. The number of methoxy groups -OCH3 is 2. The number of amides is 1. The number of imidazole rings is 1. The molecule has 0 bridgehead atoms. The zero-order chi connectivity index (χ0) is 21.1. The SMILES string of the molecule is COC(=O)c1c(NC(=O)CSc2nc3ccc(OC)cc3[nH]2)sc2c1CCCCC2. The van der Waals surface area contributed by atoms with Gasteiger partial charge in [-0.1, -0.05) is 18.2 Å². The molecule has 0 saturated heterocycles. The van der Waals surface area contributed by atoms with Crippen molar-refractivity contribution in [2.45, 2.75) is 37.3 Å². The molecule has 7 nitrogen and oxygen atoms in total. The van der Waals surface area contributed by atoms with Gasteiger partial charge >= 0.3 is 5.97 Å². The minimum Gasteiger partial charge on any atom is -0.497 e. The van der Waals surface area contributed by atoms with Gasteiger partial charge in [-0.3, -0.25) is 4.79 Å². The van der Waals surface area contributed by atoms with Crippen molar-refractivity contribution in [3.63, 3.8) is 0 Å². The van der Waals surface area contributed by atoms with Crippen molar-refractivity contribution in [2.24, 2.45) is 0 Å². The molecule has 0 saturated carbocycles. The third-order valence-corrected chi connectivity index (χ3v) is 7.15. The minimum atomic E-state index is -0.386. The van der Waals surface area contributed by atoms with E-state index in [9.17, 15) is 9.59 Å². The van der Waals surface area contributed by atoms with E-state index >= 15 is 0 Å². The number of aromatic amines is 1. The summed E-state index contributed by atoms with van der Waals surface area (Å²) in [5, 5.41) is 4.17. The summed E-state index contributed by atoms with van der Waals surface area (Å²) in [4.78, 5) is 33.9. The highest BCUT2D eigenvalue weighted by Crippen LogP contribution is 2.38. The fourth-order valence-electron chi connectivity index (χ4n) is 3.61. The van der Waals surface area contributed by atoms with E-state index in [-0.39, 0.29) is 17.6 Å². The maximum atomic E-state index is 12.6. The number of carbonyl (C=O) groups excluding carboxylic acids is 2. The first-order valence-electron chi connectivity index (χ1n) is 9.78.